The summed E-state index contributed by atoms with van der Waals surface area (Å²) in [6, 6.07) is 19.2. The standard InChI is InChI=1S/C30H39NO/c1-6-14-26(15-7-2)30(29(16-8-3)25-17-12-11-13-18-25)27-19-21-28(22-20-27)32-24-23-31(9-4)10-5/h6-7,11-14,17-22H,1-2,8-10,15-16,23-24H2,3-5H3/b26-14+,30-29-. The minimum absolute atomic E-state index is 0.701. The Morgan fingerprint density at radius 2 is 1.59 bits per heavy atom. The van der Waals surface area contributed by atoms with Crippen molar-refractivity contribution in [2.24, 2.45) is 0 Å². The van der Waals surface area contributed by atoms with Gasteiger partial charge in [-0.25, -0.2) is 0 Å². The Bertz CT molecular complexity index is 886. The maximum absolute atomic E-state index is 6.02. The lowest BCUT2D eigenvalue weighted by Gasteiger charge is -2.20. The minimum atomic E-state index is 0.701. The van der Waals surface area contributed by atoms with E-state index in [1.54, 1.807) is 0 Å². The number of likely N-dealkylation sites (N-methyl/N-ethyl adjacent to an activating group) is 1. The van der Waals surface area contributed by atoms with Crippen molar-refractivity contribution in [1.82, 2.24) is 4.90 Å². The van der Waals surface area contributed by atoms with Gasteiger partial charge in [-0.2, -0.15) is 0 Å². The molecule has 0 bridgehead atoms. The highest BCUT2D eigenvalue weighted by Crippen LogP contribution is 2.37. The van der Waals surface area contributed by atoms with E-state index in [4.69, 9.17) is 4.74 Å². The topological polar surface area (TPSA) is 12.5 Å². The van der Waals surface area contributed by atoms with Crippen molar-refractivity contribution in [2.75, 3.05) is 26.2 Å². The lowest BCUT2D eigenvalue weighted by atomic mass is 9.85. The van der Waals surface area contributed by atoms with Crippen molar-refractivity contribution in [2.45, 2.75) is 40.0 Å². The third-order valence-corrected chi connectivity index (χ3v) is 5.64. The van der Waals surface area contributed by atoms with Crippen LogP contribution in [0.15, 0.2) is 91.6 Å². The van der Waals surface area contributed by atoms with Crippen LogP contribution in [0.1, 0.15) is 51.2 Å². The Hall–Kier alpha value is -2.84. The highest BCUT2D eigenvalue weighted by molar-refractivity contribution is 5.98. The van der Waals surface area contributed by atoms with Gasteiger partial charge in [0.05, 0.1) is 0 Å². The van der Waals surface area contributed by atoms with E-state index in [2.05, 4.69) is 99.5 Å². The summed E-state index contributed by atoms with van der Waals surface area (Å²) in [6.45, 7) is 18.3. The van der Waals surface area contributed by atoms with Crippen LogP contribution in [0, 0.1) is 0 Å². The number of benzene rings is 2. The fraction of sp³-hybridized carbons (Fsp3) is 0.333. The molecule has 0 radical (unpaired) electrons. The number of rotatable bonds is 14. The molecule has 0 aromatic heterocycles. The molecule has 2 nitrogen and oxygen atoms in total. The predicted octanol–water partition coefficient (Wildman–Crippen LogP) is 7.81. The molecule has 0 saturated heterocycles. The van der Waals surface area contributed by atoms with Gasteiger partial charge in [-0.15, -0.1) is 6.58 Å². The minimum Gasteiger partial charge on any atom is -0.492 e. The van der Waals surface area contributed by atoms with Crippen LogP contribution in [0.25, 0.3) is 11.1 Å². The Balaban J connectivity index is 2.45. The molecular weight excluding hydrogens is 390 g/mol. The van der Waals surface area contributed by atoms with Crippen LogP contribution < -0.4 is 4.74 Å². The number of ether oxygens (including phenoxy) is 1. The van der Waals surface area contributed by atoms with Crippen molar-refractivity contribution in [3.63, 3.8) is 0 Å². The third-order valence-electron chi connectivity index (χ3n) is 5.64. The van der Waals surface area contributed by atoms with Gasteiger partial charge in [-0.3, -0.25) is 0 Å². The van der Waals surface area contributed by atoms with E-state index in [1.807, 2.05) is 12.2 Å². The maximum atomic E-state index is 6.02. The molecule has 0 aliphatic heterocycles. The van der Waals surface area contributed by atoms with Crippen molar-refractivity contribution >= 4 is 11.1 Å². The maximum Gasteiger partial charge on any atom is 0.119 e. The number of hydrogen-bond donors (Lipinski definition) is 0. The van der Waals surface area contributed by atoms with Gasteiger partial charge in [0.2, 0.25) is 0 Å². The molecule has 0 N–H and O–H groups in total. The Labute approximate surface area is 195 Å². The molecule has 2 heteroatoms. The second-order valence-electron chi connectivity index (χ2n) is 7.79. The van der Waals surface area contributed by atoms with Gasteiger partial charge in [0.15, 0.2) is 0 Å². The first kappa shape index (κ1) is 25.4. The highest BCUT2D eigenvalue weighted by atomic mass is 16.5. The van der Waals surface area contributed by atoms with E-state index < -0.39 is 0 Å². The largest absolute Gasteiger partial charge is 0.492 e. The quantitative estimate of drug-likeness (QED) is 0.172. The van der Waals surface area contributed by atoms with Gasteiger partial charge in [0, 0.05) is 6.54 Å². The summed E-state index contributed by atoms with van der Waals surface area (Å²) in [4.78, 5) is 2.37. The molecule has 2 aromatic carbocycles. The van der Waals surface area contributed by atoms with Crippen molar-refractivity contribution in [3.05, 3.63) is 103 Å². The first-order valence-electron chi connectivity index (χ1n) is 11.8. The molecule has 0 amide bonds. The first-order chi connectivity index (χ1) is 15.7. The lowest BCUT2D eigenvalue weighted by molar-refractivity contribution is 0.223. The molecule has 0 aliphatic carbocycles. The molecule has 0 spiro atoms. The molecule has 170 valence electrons. The molecule has 2 rings (SSSR count). The van der Waals surface area contributed by atoms with Gasteiger partial charge in [-0.1, -0.05) is 94.5 Å². The summed E-state index contributed by atoms with van der Waals surface area (Å²) in [5, 5.41) is 0. The number of nitrogens with zero attached hydrogens (tertiary/aromatic N) is 1. The fourth-order valence-corrected chi connectivity index (χ4v) is 3.96. The Morgan fingerprint density at radius 3 is 2.16 bits per heavy atom. The second kappa shape index (κ2) is 14.3. The molecule has 0 aliphatic rings. The van der Waals surface area contributed by atoms with Crippen LogP contribution in [-0.2, 0) is 0 Å². The molecule has 32 heavy (non-hydrogen) atoms. The van der Waals surface area contributed by atoms with Crippen LogP contribution in [0.2, 0.25) is 0 Å². The highest BCUT2D eigenvalue weighted by Gasteiger charge is 2.15. The van der Waals surface area contributed by atoms with Crippen LogP contribution in [-0.4, -0.2) is 31.1 Å². The number of allylic oxidation sites excluding steroid dienone is 6. The summed E-state index contributed by atoms with van der Waals surface area (Å²) in [5.41, 5.74) is 6.33. The van der Waals surface area contributed by atoms with E-state index in [0.717, 1.165) is 44.6 Å². The van der Waals surface area contributed by atoms with Crippen molar-refractivity contribution in [1.29, 1.82) is 0 Å². The Kier molecular flexibility index (Phi) is 11.3. The molecular formula is C30H39NO. The first-order valence-corrected chi connectivity index (χ1v) is 11.8. The van der Waals surface area contributed by atoms with Crippen molar-refractivity contribution in [3.8, 4) is 5.75 Å². The van der Waals surface area contributed by atoms with Crippen LogP contribution >= 0.6 is 0 Å². The van der Waals surface area contributed by atoms with E-state index in [1.165, 1.54) is 27.8 Å². The molecule has 0 saturated carbocycles. The van der Waals surface area contributed by atoms with Gasteiger partial charge >= 0.3 is 0 Å². The predicted molar refractivity (Wildman–Crippen MR) is 141 cm³/mol. The van der Waals surface area contributed by atoms with Crippen LogP contribution in [0.5, 0.6) is 5.75 Å². The summed E-state index contributed by atoms with van der Waals surface area (Å²) in [6.07, 6.45) is 8.84. The summed E-state index contributed by atoms with van der Waals surface area (Å²) < 4.78 is 6.02. The molecule has 2 aromatic rings. The molecule has 0 heterocycles. The third kappa shape index (κ3) is 7.39. The zero-order valence-electron chi connectivity index (χ0n) is 20.1. The fourth-order valence-electron chi connectivity index (χ4n) is 3.96. The summed E-state index contributed by atoms with van der Waals surface area (Å²) >= 11 is 0. The van der Waals surface area contributed by atoms with E-state index in [0.29, 0.717) is 6.61 Å². The average Bonchev–Trinajstić information content (AvgIpc) is 2.83. The van der Waals surface area contributed by atoms with Crippen LogP contribution in [0.3, 0.4) is 0 Å². The van der Waals surface area contributed by atoms with Gasteiger partial charge in [0.1, 0.15) is 12.4 Å². The lowest BCUT2D eigenvalue weighted by Crippen LogP contribution is -2.27. The average molecular weight is 430 g/mol. The van der Waals surface area contributed by atoms with E-state index >= 15 is 0 Å². The Morgan fingerprint density at radius 1 is 0.906 bits per heavy atom. The SMILES string of the molecule is C=C/C=C(CC=C)/C(=C(\CCC)c1ccccc1)c1ccc(OCCN(CC)CC)cc1. The van der Waals surface area contributed by atoms with Gasteiger partial charge in [0.25, 0.3) is 0 Å². The molecule has 0 fully saturated rings. The van der Waals surface area contributed by atoms with E-state index in [-0.39, 0.29) is 0 Å². The summed E-state index contributed by atoms with van der Waals surface area (Å²) in [5.74, 6) is 0.912. The summed E-state index contributed by atoms with van der Waals surface area (Å²) in [7, 11) is 0. The van der Waals surface area contributed by atoms with Crippen molar-refractivity contribution < 1.29 is 4.74 Å². The molecule has 0 atom stereocenters. The van der Waals surface area contributed by atoms with Gasteiger partial charge < -0.3 is 9.64 Å². The zero-order chi connectivity index (χ0) is 23.2. The van der Waals surface area contributed by atoms with E-state index in [9.17, 15) is 0 Å². The number of hydrogen-bond acceptors (Lipinski definition) is 2. The smallest absolute Gasteiger partial charge is 0.119 e. The zero-order valence-corrected chi connectivity index (χ0v) is 20.1. The molecule has 0 unspecified atom stereocenters. The van der Waals surface area contributed by atoms with Gasteiger partial charge in [-0.05, 0) is 65.9 Å². The van der Waals surface area contributed by atoms with Crippen LogP contribution in [0.4, 0.5) is 0 Å². The second-order valence-corrected chi connectivity index (χ2v) is 7.79. The monoisotopic (exact) mass is 429 g/mol. The normalized spacial score (nSPS) is 12.4.